The highest BCUT2D eigenvalue weighted by atomic mass is 32.2. The molecule has 0 radical (unpaired) electrons. The smallest absolute Gasteiger partial charge is 0.272 e. The Morgan fingerprint density at radius 2 is 1.62 bits per heavy atom. The molecule has 1 aromatic heterocycles. The van der Waals surface area contributed by atoms with Crippen LogP contribution in [0.3, 0.4) is 0 Å². The van der Waals surface area contributed by atoms with Crippen LogP contribution in [0.5, 0.6) is 0 Å². The first-order valence-corrected chi connectivity index (χ1v) is 15.4. The van der Waals surface area contributed by atoms with Crippen molar-refractivity contribution in [3.8, 4) is 0 Å². The zero-order chi connectivity index (χ0) is 27.9. The lowest BCUT2D eigenvalue weighted by Crippen LogP contribution is -2.58. The SMILES string of the molecule is C[C@@H](NC(=O)c1cncc(N2CCS(=O)(=O)CC2)n1)c1ccc(C(=C2CC3(CNC3)C2)c2ccc(F)cc2)cc1. The predicted molar refractivity (Wildman–Crippen MR) is 152 cm³/mol. The lowest BCUT2D eigenvalue weighted by Gasteiger charge is -2.52. The summed E-state index contributed by atoms with van der Waals surface area (Å²) in [5.74, 6) is 0.0289. The number of nitrogens with one attached hydrogen (secondary N) is 2. The number of sulfone groups is 1. The second-order valence-corrected chi connectivity index (χ2v) is 13.5. The van der Waals surface area contributed by atoms with Crippen molar-refractivity contribution < 1.29 is 17.6 Å². The molecule has 3 fully saturated rings. The van der Waals surface area contributed by atoms with Crippen LogP contribution in [0.25, 0.3) is 5.57 Å². The van der Waals surface area contributed by atoms with Crippen molar-refractivity contribution >= 4 is 27.1 Å². The molecular weight excluding hydrogens is 529 g/mol. The van der Waals surface area contributed by atoms with Crippen LogP contribution >= 0.6 is 0 Å². The number of anilines is 1. The summed E-state index contributed by atoms with van der Waals surface area (Å²) in [5, 5.41) is 6.38. The van der Waals surface area contributed by atoms with Crippen LogP contribution in [0.1, 0.15) is 53.0 Å². The number of nitrogens with zero attached hydrogens (tertiary/aromatic N) is 3. The molecule has 1 spiro atoms. The quantitative estimate of drug-likeness (QED) is 0.475. The third kappa shape index (κ3) is 5.38. The zero-order valence-electron chi connectivity index (χ0n) is 22.4. The molecule has 10 heteroatoms. The van der Waals surface area contributed by atoms with Crippen molar-refractivity contribution in [2.75, 3.05) is 42.6 Å². The molecule has 3 aromatic rings. The Morgan fingerprint density at radius 3 is 2.23 bits per heavy atom. The van der Waals surface area contributed by atoms with Crippen molar-refractivity contribution in [3.63, 3.8) is 0 Å². The molecule has 40 heavy (non-hydrogen) atoms. The summed E-state index contributed by atoms with van der Waals surface area (Å²) in [5.41, 5.74) is 6.16. The van der Waals surface area contributed by atoms with Crippen LogP contribution in [-0.4, -0.2) is 62.0 Å². The summed E-state index contributed by atoms with van der Waals surface area (Å²) in [4.78, 5) is 23.5. The van der Waals surface area contributed by atoms with Crippen molar-refractivity contribution in [1.82, 2.24) is 20.6 Å². The van der Waals surface area contributed by atoms with Gasteiger partial charge in [0, 0.05) is 31.6 Å². The molecule has 6 rings (SSSR count). The first-order chi connectivity index (χ1) is 19.2. The van der Waals surface area contributed by atoms with Gasteiger partial charge in [-0.3, -0.25) is 9.78 Å². The van der Waals surface area contributed by atoms with E-state index in [2.05, 4.69) is 32.7 Å². The molecule has 1 saturated carbocycles. The first kappa shape index (κ1) is 26.6. The molecule has 2 aliphatic heterocycles. The van der Waals surface area contributed by atoms with Crippen molar-refractivity contribution in [2.24, 2.45) is 5.41 Å². The van der Waals surface area contributed by atoms with Crippen LogP contribution in [0.4, 0.5) is 10.2 Å². The van der Waals surface area contributed by atoms with Gasteiger partial charge in [0.1, 0.15) is 17.3 Å². The minimum atomic E-state index is -3.02. The number of aromatic nitrogens is 2. The summed E-state index contributed by atoms with van der Waals surface area (Å²) in [6, 6.07) is 14.6. The summed E-state index contributed by atoms with van der Waals surface area (Å²) >= 11 is 0. The van der Waals surface area contributed by atoms with E-state index in [9.17, 15) is 17.6 Å². The number of hydrogen-bond acceptors (Lipinski definition) is 7. The summed E-state index contributed by atoms with van der Waals surface area (Å²) in [7, 11) is -3.02. The zero-order valence-corrected chi connectivity index (χ0v) is 23.2. The number of carbonyl (C=O) groups excluding carboxylic acids is 1. The lowest BCUT2D eigenvalue weighted by molar-refractivity contribution is 0.0934. The highest BCUT2D eigenvalue weighted by Gasteiger charge is 2.46. The molecule has 1 amide bonds. The van der Waals surface area contributed by atoms with Crippen LogP contribution in [-0.2, 0) is 9.84 Å². The van der Waals surface area contributed by atoms with Gasteiger partial charge in [0.05, 0.1) is 29.9 Å². The molecule has 2 saturated heterocycles. The van der Waals surface area contributed by atoms with Gasteiger partial charge in [0.25, 0.3) is 5.91 Å². The van der Waals surface area contributed by atoms with E-state index in [1.807, 2.05) is 36.1 Å². The average Bonchev–Trinajstić information content (AvgIpc) is 2.90. The third-order valence-corrected chi connectivity index (χ3v) is 9.84. The molecule has 0 unspecified atom stereocenters. The van der Waals surface area contributed by atoms with E-state index in [-0.39, 0.29) is 35.0 Å². The Bertz CT molecular complexity index is 1540. The van der Waals surface area contributed by atoms with Gasteiger partial charge in [0.15, 0.2) is 9.84 Å². The predicted octanol–water partition coefficient (Wildman–Crippen LogP) is 3.53. The molecule has 3 aliphatic rings. The first-order valence-electron chi connectivity index (χ1n) is 13.6. The Balaban J connectivity index is 1.16. The second-order valence-electron chi connectivity index (χ2n) is 11.2. The standard InChI is InChI=1S/C30H32FN5O3S/c1-20(34-29(37)26-16-32-17-27(35-26)36-10-12-40(38,39)13-11-36)21-2-4-22(5-3-21)28(23-6-8-25(31)9-7-23)24-14-30(15-24)18-33-19-30/h2-9,16-17,20,33H,10-15,18-19H2,1H3,(H,34,37)/t20-/m1/s1. The number of amides is 1. The average molecular weight is 562 g/mol. The summed E-state index contributed by atoms with van der Waals surface area (Å²) in [6.07, 6.45) is 5.07. The van der Waals surface area contributed by atoms with E-state index < -0.39 is 9.84 Å². The van der Waals surface area contributed by atoms with Crippen molar-refractivity contribution in [1.29, 1.82) is 0 Å². The van der Waals surface area contributed by atoms with Gasteiger partial charge in [-0.25, -0.2) is 17.8 Å². The molecule has 208 valence electrons. The summed E-state index contributed by atoms with van der Waals surface area (Å²) in [6.45, 7) is 4.68. The molecule has 0 bridgehead atoms. The van der Waals surface area contributed by atoms with Gasteiger partial charge in [-0.15, -0.1) is 0 Å². The second kappa shape index (κ2) is 10.4. The minimum absolute atomic E-state index is 0.0652. The highest BCUT2D eigenvalue weighted by Crippen LogP contribution is 2.51. The summed E-state index contributed by atoms with van der Waals surface area (Å²) < 4.78 is 37.2. The maximum Gasteiger partial charge on any atom is 0.272 e. The number of rotatable bonds is 6. The van der Waals surface area contributed by atoms with Crippen LogP contribution in [0.2, 0.25) is 0 Å². The van der Waals surface area contributed by atoms with E-state index in [0.717, 1.165) is 42.6 Å². The van der Waals surface area contributed by atoms with Crippen molar-refractivity contribution in [3.05, 3.63) is 94.7 Å². The fourth-order valence-electron chi connectivity index (χ4n) is 5.80. The van der Waals surface area contributed by atoms with E-state index in [1.165, 1.54) is 29.5 Å². The molecule has 1 aliphatic carbocycles. The fourth-order valence-corrected chi connectivity index (χ4v) is 7.00. The van der Waals surface area contributed by atoms with E-state index in [1.54, 1.807) is 6.20 Å². The normalized spacial score (nSPS) is 19.9. The molecular formula is C30H32FN5O3S. The van der Waals surface area contributed by atoms with Gasteiger partial charge < -0.3 is 15.5 Å². The van der Waals surface area contributed by atoms with Crippen molar-refractivity contribution in [2.45, 2.75) is 25.8 Å². The monoisotopic (exact) mass is 561 g/mol. The molecule has 2 N–H and O–H groups in total. The Kier molecular flexibility index (Phi) is 6.92. The maximum absolute atomic E-state index is 13.7. The number of hydrogen-bond donors (Lipinski definition) is 2. The van der Waals surface area contributed by atoms with Gasteiger partial charge in [0.2, 0.25) is 0 Å². The number of carbonyl (C=O) groups is 1. The van der Waals surface area contributed by atoms with Gasteiger partial charge in [-0.1, -0.05) is 42.0 Å². The maximum atomic E-state index is 13.7. The van der Waals surface area contributed by atoms with Gasteiger partial charge >= 0.3 is 0 Å². The van der Waals surface area contributed by atoms with Gasteiger partial charge in [-0.2, -0.15) is 0 Å². The number of allylic oxidation sites excluding steroid dienone is 1. The number of halogens is 1. The van der Waals surface area contributed by atoms with E-state index in [4.69, 9.17) is 0 Å². The van der Waals surface area contributed by atoms with Crippen LogP contribution in [0, 0.1) is 11.2 Å². The van der Waals surface area contributed by atoms with Gasteiger partial charge in [-0.05, 0) is 54.2 Å². The van der Waals surface area contributed by atoms with E-state index in [0.29, 0.717) is 24.3 Å². The Labute approximate surface area is 233 Å². The molecule has 1 atom stereocenters. The van der Waals surface area contributed by atoms with Crippen LogP contribution < -0.4 is 15.5 Å². The molecule has 2 aromatic carbocycles. The minimum Gasteiger partial charge on any atom is -0.353 e. The van der Waals surface area contributed by atoms with E-state index >= 15 is 0 Å². The van der Waals surface area contributed by atoms with Crippen LogP contribution in [0.15, 0.2) is 66.5 Å². The fraction of sp³-hybridized carbons (Fsp3) is 0.367. The highest BCUT2D eigenvalue weighted by molar-refractivity contribution is 7.91. The topological polar surface area (TPSA) is 104 Å². The lowest BCUT2D eigenvalue weighted by atomic mass is 9.60. The third-order valence-electron chi connectivity index (χ3n) is 8.23. The molecule has 3 heterocycles. The Morgan fingerprint density at radius 1 is 1.00 bits per heavy atom. The Hall–Kier alpha value is -3.63. The molecule has 8 nitrogen and oxygen atoms in total. The number of benzene rings is 2. The largest absolute Gasteiger partial charge is 0.353 e.